The van der Waals surface area contributed by atoms with E-state index in [2.05, 4.69) is 25.7 Å². The molecule has 3 fully saturated rings. The lowest BCUT2D eigenvalue weighted by atomic mass is 9.81. The number of carbonyl (C=O) groups is 2. The van der Waals surface area contributed by atoms with E-state index in [-0.39, 0.29) is 55.5 Å². The van der Waals surface area contributed by atoms with E-state index in [1.807, 2.05) is 5.32 Å². The van der Waals surface area contributed by atoms with Gasteiger partial charge in [0.1, 0.15) is 11.7 Å². The predicted molar refractivity (Wildman–Crippen MR) is 141 cm³/mol. The van der Waals surface area contributed by atoms with Crippen LogP contribution in [0.15, 0.2) is 16.9 Å². The summed E-state index contributed by atoms with van der Waals surface area (Å²) in [4.78, 5) is 31.7. The zero-order chi connectivity index (χ0) is 31.4. The van der Waals surface area contributed by atoms with Gasteiger partial charge in [0.05, 0.1) is 42.8 Å². The predicted octanol–water partition coefficient (Wildman–Crippen LogP) is 4.24. The van der Waals surface area contributed by atoms with Gasteiger partial charge in [-0.05, 0) is 49.7 Å². The van der Waals surface area contributed by atoms with Gasteiger partial charge < -0.3 is 20.3 Å². The van der Waals surface area contributed by atoms with Crippen LogP contribution in [0.2, 0.25) is 0 Å². The summed E-state index contributed by atoms with van der Waals surface area (Å²) in [5.74, 6) is -3.64. The molecule has 3 aromatic heterocycles. The molecule has 0 bridgehead atoms. The number of carbonyl (C=O) groups excluding carboxylic acids is 2. The van der Waals surface area contributed by atoms with Gasteiger partial charge in [0, 0.05) is 31.4 Å². The first-order valence-electron chi connectivity index (χ1n) is 14.4. The number of alkyl halides is 5. The maximum atomic E-state index is 14.1. The van der Waals surface area contributed by atoms with Crippen molar-refractivity contribution in [3.63, 3.8) is 0 Å². The molecule has 1 saturated heterocycles. The molecule has 12 nitrogen and oxygen atoms in total. The lowest BCUT2D eigenvalue weighted by molar-refractivity contribution is -0.150. The fourth-order valence-electron chi connectivity index (χ4n) is 6.07. The van der Waals surface area contributed by atoms with Gasteiger partial charge in [-0.15, -0.1) is 0 Å². The van der Waals surface area contributed by atoms with E-state index in [1.165, 1.54) is 11.6 Å². The first kappa shape index (κ1) is 30.1. The van der Waals surface area contributed by atoms with E-state index >= 15 is 0 Å². The number of halogens is 5. The second-order valence-corrected chi connectivity index (χ2v) is 11.7. The molecular formula is C27H31F5N8O4. The van der Waals surface area contributed by atoms with Gasteiger partial charge >= 0.3 is 12.2 Å². The number of rotatable bonds is 9. The Bertz CT molecular complexity index is 1540. The van der Waals surface area contributed by atoms with Crippen LogP contribution in [-0.2, 0) is 4.74 Å². The minimum Gasteiger partial charge on any atom is -0.382 e. The maximum absolute atomic E-state index is 14.1. The number of nitrogens with one attached hydrogen (secondary N) is 2. The summed E-state index contributed by atoms with van der Waals surface area (Å²) in [6.45, 7) is 0.931. The molecule has 1 unspecified atom stereocenters. The number of hydrogen-bond acceptors (Lipinski definition) is 8. The van der Waals surface area contributed by atoms with Crippen molar-refractivity contribution in [2.45, 2.75) is 81.6 Å². The van der Waals surface area contributed by atoms with E-state index in [0.29, 0.717) is 22.6 Å². The number of ether oxygens (including phenoxy) is 1. The molecule has 3 atom stereocenters. The number of aromatic nitrogens is 5. The largest absolute Gasteiger partial charge is 0.410 e. The summed E-state index contributed by atoms with van der Waals surface area (Å²) in [5, 5.41) is 17.1. The Hall–Kier alpha value is -3.89. The zero-order valence-corrected chi connectivity index (χ0v) is 23.9. The minimum absolute atomic E-state index is 0.0436. The van der Waals surface area contributed by atoms with E-state index in [1.54, 1.807) is 19.2 Å². The van der Waals surface area contributed by atoms with Crippen LogP contribution in [0.3, 0.4) is 0 Å². The number of urea groups is 1. The molecular weight excluding hydrogens is 595 g/mol. The highest BCUT2D eigenvalue weighted by Crippen LogP contribution is 2.43. The Morgan fingerprint density at radius 2 is 1.95 bits per heavy atom. The van der Waals surface area contributed by atoms with Gasteiger partial charge in [0.15, 0.2) is 11.3 Å². The number of methoxy groups -OCH3 is 1. The van der Waals surface area contributed by atoms with Gasteiger partial charge in [-0.1, -0.05) is 5.16 Å². The van der Waals surface area contributed by atoms with Crippen molar-refractivity contribution in [1.29, 1.82) is 0 Å². The van der Waals surface area contributed by atoms with Crippen molar-refractivity contribution < 1.29 is 40.9 Å². The molecule has 0 aromatic carbocycles. The molecule has 2 N–H and O–H groups in total. The van der Waals surface area contributed by atoms with Crippen LogP contribution >= 0.6 is 0 Å². The topological polar surface area (TPSA) is 140 Å². The van der Waals surface area contributed by atoms with Crippen molar-refractivity contribution >= 4 is 17.6 Å². The average Bonchev–Trinajstić information content (AvgIpc) is 3.34. The lowest BCUT2D eigenvalue weighted by Crippen LogP contribution is -2.40. The normalized spacial score (nSPS) is 22.3. The second-order valence-electron chi connectivity index (χ2n) is 11.7. The Labute approximate surface area is 247 Å². The molecule has 3 aromatic rings. The molecule has 0 radical (unpaired) electrons. The number of aryl methyl sites for hydroxylation is 1. The average molecular weight is 627 g/mol. The third-order valence-corrected chi connectivity index (χ3v) is 8.62. The fraction of sp³-hybridized carbons (Fsp3) is 0.630. The first-order valence-corrected chi connectivity index (χ1v) is 14.4. The molecule has 2 saturated carbocycles. The number of imidazole rings is 1. The smallest absolute Gasteiger partial charge is 0.382 e. The maximum Gasteiger partial charge on any atom is 0.410 e. The Morgan fingerprint density at radius 3 is 2.59 bits per heavy atom. The molecule has 6 rings (SSSR count). The summed E-state index contributed by atoms with van der Waals surface area (Å²) in [6, 6.07) is -3.00. The Balaban J connectivity index is 1.32. The minimum atomic E-state index is -4.62. The first-order chi connectivity index (χ1) is 20.8. The van der Waals surface area contributed by atoms with Crippen molar-refractivity contribution in [3.05, 3.63) is 40.6 Å². The molecule has 3 aliphatic rings. The number of nitrogens with zero attached hydrogens (tertiary/aromatic N) is 6. The van der Waals surface area contributed by atoms with Gasteiger partial charge in [-0.3, -0.25) is 4.79 Å². The van der Waals surface area contributed by atoms with Crippen molar-refractivity contribution in [2.24, 2.45) is 5.92 Å². The summed E-state index contributed by atoms with van der Waals surface area (Å²) < 4.78 is 79.8. The van der Waals surface area contributed by atoms with E-state index < -0.39 is 48.7 Å². The number of amides is 3. The van der Waals surface area contributed by atoms with Crippen molar-refractivity contribution in [3.8, 4) is 0 Å². The van der Waals surface area contributed by atoms with E-state index in [4.69, 9.17) is 9.37 Å². The standard InChI is InChI=1S/C27H31F5N8O4/c1-13-16(18(12-43-2)39-11-19(27(30,31)32)34-25(39)42)9-20-33-17(10-40(20)36-13)21(15-5-7-26(28,29)8-6-15)35-24(41)23-22(14-3-4-14)37-44-38-23/h9-10,14-15,18-19,21H,3-8,11-12H2,1-2H3,(H,34,42)(H,35,41)/t18?,19-,21-/m0/s1. The summed E-state index contributed by atoms with van der Waals surface area (Å²) in [7, 11) is 1.37. The third kappa shape index (κ3) is 5.93. The highest BCUT2D eigenvalue weighted by Gasteiger charge is 2.49. The number of fused-ring (bicyclic) bond motifs is 1. The molecule has 17 heteroatoms. The van der Waals surface area contributed by atoms with E-state index in [0.717, 1.165) is 17.7 Å². The van der Waals surface area contributed by atoms with Crippen molar-refractivity contribution in [1.82, 2.24) is 40.4 Å². The quantitative estimate of drug-likeness (QED) is 0.337. The van der Waals surface area contributed by atoms with Gasteiger partial charge in [-0.25, -0.2) is 27.7 Å². The van der Waals surface area contributed by atoms with Gasteiger partial charge in [0.2, 0.25) is 5.92 Å². The molecule has 44 heavy (non-hydrogen) atoms. The summed E-state index contributed by atoms with van der Waals surface area (Å²) >= 11 is 0. The van der Waals surface area contributed by atoms with Gasteiger partial charge in [-0.2, -0.15) is 18.3 Å². The monoisotopic (exact) mass is 626 g/mol. The second kappa shape index (κ2) is 11.2. The zero-order valence-electron chi connectivity index (χ0n) is 23.9. The van der Waals surface area contributed by atoms with Crippen LogP contribution in [0.25, 0.3) is 5.65 Å². The van der Waals surface area contributed by atoms with Crippen LogP contribution in [-0.4, -0.2) is 80.2 Å². The number of hydrogen-bond donors (Lipinski definition) is 2. The van der Waals surface area contributed by atoms with Gasteiger partial charge in [0.25, 0.3) is 5.91 Å². The summed E-state index contributed by atoms with van der Waals surface area (Å²) in [5.41, 5.74) is 1.98. The molecule has 2 aliphatic carbocycles. The summed E-state index contributed by atoms with van der Waals surface area (Å²) in [6.07, 6.45) is -1.74. The Kier molecular flexibility index (Phi) is 7.70. The molecule has 3 amide bonds. The SMILES string of the molecule is COCC(c1cc2nc([C@@H](NC(=O)c3nonc3C3CC3)C3CCC(F)(F)CC3)cn2nc1C)N1C[C@@H](C(F)(F)F)NC1=O. The van der Waals surface area contributed by atoms with Crippen LogP contribution in [0.1, 0.15) is 89.7 Å². The Morgan fingerprint density at radius 1 is 1.23 bits per heavy atom. The van der Waals surface area contributed by atoms with Crippen molar-refractivity contribution in [2.75, 3.05) is 20.3 Å². The van der Waals surface area contributed by atoms with E-state index in [9.17, 15) is 31.5 Å². The van der Waals surface area contributed by atoms with Crippen LogP contribution in [0.5, 0.6) is 0 Å². The van der Waals surface area contributed by atoms with Crippen LogP contribution < -0.4 is 10.6 Å². The fourth-order valence-corrected chi connectivity index (χ4v) is 6.07. The molecule has 4 heterocycles. The van der Waals surface area contributed by atoms with Crippen LogP contribution in [0, 0.1) is 12.8 Å². The third-order valence-electron chi connectivity index (χ3n) is 8.62. The lowest BCUT2D eigenvalue weighted by Gasteiger charge is -2.33. The highest BCUT2D eigenvalue weighted by atomic mass is 19.4. The molecule has 238 valence electrons. The van der Waals surface area contributed by atoms with Crippen LogP contribution in [0.4, 0.5) is 26.7 Å². The highest BCUT2D eigenvalue weighted by molar-refractivity contribution is 5.93. The molecule has 0 spiro atoms. The molecule has 1 aliphatic heterocycles.